The van der Waals surface area contributed by atoms with Gasteiger partial charge < -0.3 is 14.5 Å². The van der Waals surface area contributed by atoms with Crippen molar-refractivity contribution in [2.24, 2.45) is 0 Å². The quantitative estimate of drug-likeness (QED) is 0.834. The fourth-order valence-electron chi connectivity index (χ4n) is 4.56. The third kappa shape index (κ3) is 3.93. The van der Waals surface area contributed by atoms with Crippen molar-refractivity contribution in [1.29, 1.82) is 0 Å². The maximum atomic E-state index is 12.2. The Labute approximate surface area is 156 Å². The first-order valence-electron chi connectivity index (χ1n) is 9.69. The Hall–Kier alpha value is -1.88. The predicted molar refractivity (Wildman–Crippen MR) is 101 cm³/mol. The Bertz CT molecular complexity index is 638. The highest BCUT2D eigenvalue weighted by atomic mass is 16.5. The molecule has 5 heteroatoms. The maximum absolute atomic E-state index is 12.2. The summed E-state index contributed by atoms with van der Waals surface area (Å²) < 4.78 is 6.66. The third-order valence-corrected chi connectivity index (χ3v) is 5.96. The number of hydrogen-bond acceptors (Lipinski definition) is 3. The van der Waals surface area contributed by atoms with Crippen LogP contribution in [0.25, 0.3) is 0 Å². The second-order valence-corrected chi connectivity index (χ2v) is 7.60. The molecule has 2 aliphatic rings. The summed E-state index contributed by atoms with van der Waals surface area (Å²) >= 11 is 0. The Morgan fingerprint density at radius 2 is 1.85 bits per heavy atom. The van der Waals surface area contributed by atoms with Gasteiger partial charge >= 0.3 is 0 Å². The van der Waals surface area contributed by atoms with Crippen molar-refractivity contribution in [2.45, 2.75) is 64.2 Å². The number of amides is 2. The van der Waals surface area contributed by atoms with Crippen LogP contribution in [0.5, 0.6) is 0 Å². The van der Waals surface area contributed by atoms with Gasteiger partial charge in [0, 0.05) is 39.5 Å². The van der Waals surface area contributed by atoms with Gasteiger partial charge in [-0.15, -0.1) is 0 Å². The second-order valence-electron chi connectivity index (χ2n) is 7.60. The lowest BCUT2D eigenvalue weighted by Crippen LogP contribution is -2.55. The number of hydrogen-bond donors (Lipinski definition) is 0. The minimum absolute atomic E-state index is 0.00720. The van der Waals surface area contributed by atoms with E-state index in [1.807, 2.05) is 34.9 Å². The normalized spacial score (nSPS) is 25.1. The topological polar surface area (TPSA) is 49.9 Å². The van der Waals surface area contributed by atoms with Crippen LogP contribution in [-0.4, -0.2) is 52.9 Å². The average Bonchev–Trinajstić information content (AvgIpc) is 2.63. The van der Waals surface area contributed by atoms with Crippen molar-refractivity contribution in [3.05, 3.63) is 35.9 Å². The SMILES string of the molecule is CCN(C(C)=O)[C@H]1C[C@@H](c2ccccc2)OC2(CCN(C(C)=O)CC2)C1. The van der Waals surface area contributed by atoms with Gasteiger partial charge in [-0.25, -0.2) is 0 Å². The Morgan fingerprint density at radius 1 is 1.19 bits per heavy atom. The van der Waals surface area contributed by atoms with E-state index < -0.39 is 0 Å². The first kappa shape index (κ1) is 18.9. The lowest BCUT2D eigenvalue weighted by Gasteiger charge is -2.51. The van der Waals surface area contributed by atoms with Crippen LogP contribution in [0.1, 0.15) is 58.1 Å². The molecule has 2 heterocycles. The summed E-state index contributed by atoms with van der Waals surface area (Å²) in [4.78, 5) is 27.7. The van der Waals surface area contributed by atoms with Gasteiger partial charge in [-0.1, -0.05) is 30.3 Å². The average molecular weight is 358 g/mol. The highest BCUT2D eigenvalue weighted by Gasteiger charge is 2.46. The van der Waals surface area contributed by atoms with E-state index in [2.05, 4.69) is 12.1 Å². The Balaban J connectivity index is 1.85. The fraction of sp³-hybridized carbons (Fsp3) is 0.619. The zero-order chi connectivity index (χ0) is 18.7. The number of likely N-dealkylation sites (tertiary alicyclic amines) is 1. The lowest BCUT2D eigenvalue weighted by atomic mass is 9.79. The molecular formula is C21H30N2O3. The molecule has 2 amide bonds. The largest absolute Gasteiger partial charge is 0.367 e. The summed E-state index contributed by atoms with van der Waals surface area (Å²) in [6, 6.07) is 10.5. The van der Waals surface area contributed by atoms with Gasteiger partial charge in [0.2, 0.25) is 11.8 Å². The fourth-order valence-corrected chi connectivity index (χ4v) is 4.56. The summed E-state index contributed by atoms with van der Waals surface area (Å²) in [6.07, 6.45) is 3.35. The monoisotopic (exact) mass is 358 g/mol. The van der Waals surface area contributed by atoms with Crippen LogP contribution in [0, 0.1) is 0 Å². The molecule has 0 radical (unpaired) electrons. The van der Waals surface area contributed by atoms with Gasteiger partial charge in [0.25, 0.3) is 0 Å². The molecule has 0 N–H and O–H groups in total. The lowest BCUT2D eigenvalue weighted by molar-refractivity contribution is -0.179. The number of carbonyl (C=O) groups excluding carboxylic acids is 2. The van der Waals surface area contributed by atoms with Crippen molar-refractivity contribution in [1.82, 2.24) is 9.80 Å². The summed E-state index contributed by atoms with van der Waals surface area (Å²) in [5.74, 6) is 0.258. The molecule has 2 saturated heterocycles. The number of ether oxygens (including phenoxy) is 1. The van der Waals surface area contributed by atoms with Gasteiger partial charge in [0.1, 0.15) is 0 Å². The summed E-state index contributed by atoms with van der Waals surface area (Å²) in [7, 11) is 0. The van der Waals surface area contributed by atoms with E-state index in [0.29, 0.717) is 0 Å². The molecule has 0 unspecified atom stereocenters. The third-order valence-electron chi connectivity index (χ3n) is 5.96. The van der Waals surface area contributed by atoms with Gasteiger partial charge in [-0.05, 0) is 38.2 Å². The number of carbonyl (C=O) groups is 2. The molecule has 2 fully saturated rings. The van der Waals surface area contributed by atoms with Crippen molar-refractivity contribution >= 4 is 11.8 Å². The zero-order valence-corrected chi connectivity index (χ0v) is 16.1. The summed E-state index contributed by atoms with van der Waals surface area (Å²) in [5.41, 5.74) is 0.920. The van der Waals surface area contributed by atoms with E-state index in [1.165, 1.54) is 5.56 Å². The van der Waals surface area contributed by atoms with Crippen LogP contribution >= 0.6 is 0 Å². The molecule has 2 atom stereocenters. The first-order valence-corrected chi connectivity index (χ1v) is 9.69. The minimum Gasteiger partial charge on any atom is -0.367 e. The van der Waals surface area contributed by atoms with E-state index in [9.17, 15) is 9.59 Å². The Morgan fingerprint density at radius 3 is 2.38 bits per heavy atom. The van der Waals surface area contributed by atoms with Crippen LogP contribution in [0.15, 0.2) is 30.3 Å². The second kappa shape index (κ2) is 7.78. The zero-order valence-electron chi connectivity index (χ0n) is 16.1. The van der Waals surface area contributed by atoms with Gasteiger partial charge in [-0.3, -0.25) is 9.59 Å². The van der Waals surface area contributed by atoms with Crippen molar-refractivity contribution < 1.29 is 14.3 Å². The van der Waals surface area contributed by atoms with Crippen LogP contribution < -0.4 is 0 Å². The van der Waals surface area contributed by atoms with Gasteiger partial charge in [0.05, 0.1) is 11.7 Å². The molecule has 1 aromatic rings. The highest BCUT2D eigenvalue weighted by Crippen LogP contribution is 2.44. The molecule has 1 spiro atoms. The van der Waals surface area contributed by atoms with Crippen molar-refractivity contribution in [2.75, 3.05) is 19.6 Å². The van der Waals surface area contributed by atoms with Crippen LogP contribution in [-0.2, 0) is 14.3 Å². The van der Waals surface area contributed by atoms with E-state index in [-0.39, 0.29) is 29.6 Å². The van der Waals surface area contributed by atoms with Crippen molar-refractivity contribution in [3.63, 3.8) is 0 Å². The molecule has 0 aromatic heterocycles. The van der Waals surface area contributed by atoms with Crippen LogP contribution in [0.3, 0.4) is 0 Å². The molecule has 142 valence electrons. The molecule has 1 aromatic carbocycles. The standard InChI is InChI=1S/C21H30N2O3/c1-4-23(17(3)25)19-14-20(18-8-6-5-7-9-18)26-21(15-19)10-12-22(13-11-21)16(2)24/h5-9,19-20H,4,10-15H2,1-3H3/t19-,20-/m0/s1. The summed E-state index contributed by atoms with van der Waals surface area (Å²) in [6.45, 7) is 7.51. The molecule has 3 rings (SSSR count). The number of benzene rings is 1. The van der Waals surface area contributed by atoms with E-state index >= 15 is 0 Å². The molecule has 0 bridgehead atoms. The number of rotatable bonds is 3. The Kier molecular flexibility index (Phi) is 5.66. The molecule has 0 aliphatic carbocycles. The molecule has 0 saturated carbocycles. The minimum atomic E-state index is -0.252. The first-order chi connectivity index (χ1) is 12.4. The van der Waals surface area contributed by atoms with Gasteiger partial charge in [0.15, 0.2) is 0 Å². The van der Waals surface area contributed by atoms with Crippen molar-refractivity contribution in [3.8, 4) is 0 Å². The van der Waals surface area contributed by atoms with E-state index in [1.54, 1.807) is 13.8 Å². The highest BCUT2D eigenvalue weighted by molar-refractivity contribution is 5.74. The van der Waals surface area contributed by atoms with E-state index in [0.717, 1.165) is 45.3 Å². The molecular weight excluding hydrogens is 328 g/mol. The number of nitrogens with zero attached hydrogens (tertiary/aromatic N) is 2. The molecule has 26 heavy (non-hydrogen) atoms. The van der Waals surface area contributed by atoms with Crippen LogP contribution in [0.2, 0.25) is 0 Å². The van der Waals surface area contributed by atoms with Crippen LogP contribution in [0.4, 0.5) is 0 Å². The van der Waals surface area contributed by atoms with E-state index in [4.69, 9.17) is 4.74 Å². The maximum Gasteiger partial charge on any atom is 0.219 e. The summed E-state index contributed by atoms with van der Waals surface area (Å²) in [5, 5.41) is 0. The number of piperidine rings is 1. The smallest absolute Gasteiger partial charge is 0.219 e. The molecule has 5 nitrogen and oxygen atoms in total. The van der Waals surface area contributed by atoms with Gasteiger partial charge in [-0.2, -0.15) is 0 Å². The predicted octanol–water partition coefficient (Wildman–Crippen LogP) is 3.16. The molecule has 2 aliphatic heterocycles.